The number of aliphatic hydroxyl groups excluding tert-OH is 1. The minimum absolute atomic E-state index is 0.0628. The summed E-state index contributed by atoms with van der Waals surface area (Å²) in [5.41, 5.74) is 4.08. The smallest absolute Gasteiger partial charge is 0.254 e. The summed E-state index contributed by atoms with van der Waals surface area (Å²) in [6.45, 7) is 0.337. The number of benzene rings is 3. The third-order valence-electron chi connectivity index (χ3n) is 5.96. The molecule has 1 fully saturated rings. The highest BCUT2D eigenvalue weighted by Crippen LogP contribution is 2.23. The van der Waals surface area contributed by atoms with Crippen LogP contribution >= 0.6 is 0 Å². The number of carbonyl (C=O) groups excluding carboxylic acids is 2. The Hall–Kier alpha value is -3.97. The lowest BCUT2D eigenvalue weighted by Gasteiger charge is -2.24. The number of likely N-dealkylation sites (tertiary alicyclic amines) is 1. The minimum atomic E-state index is -0.828. The second-order valence-corrected chi connectivity index (χ2v) is 8.78. The highest BCUT2D eigenvalue weighted by molar-refractivity contribution is 6.05. The van der Waals surface area contributed by atoms with Gasteiger partial charge in [-0.1, -0.05) is 72.8 Å². The normalized spacial score (nSPS) is 17.3. The van der Waals surface area contributed by atoms with Crippen molar-refractivity contribution < 1.29 is 14.7 Å². The summed E-state index contributed by atoms with van der Waals surface area (Å²) < 4.78 is 0. The number of aliphatic hydroxyl groups is 1. The van der Waals surface area contributed by atoms with Crippen molar-refractivity contribution in [2.75, 3.05) is 27.2 Å². The van der Waals surface area contributed by atoms with Crippen LogP contribution in [0, 0.1) is 0 Å². The number of hydrazone groups is 1. The van der Waals surface area contributed by atoms with Crippen molar-refractivity contribution in [2.24, 2.45) is 5.10 Å². The van der Waals surface area contributed by atoms with Gasteiger partial charge in [0.1, 0.15) is 6.04 Å². The second kappa shape index (κ2) is 11.0. The zero-order valence-electron chi connectivity index (χ0n) is 20.0. The summed E-state index contributed by atoms with van der Waals surface area (Å²) in [6.07, 6.45) is -0.481. The molecule has 2 atom stereocenters. The van der Waals surface area contributed by atoms with Gasteiger partial charge in [-0.2, -0.15) is 5.10 Å². The molecule has 0 aliphatic carbocycles. The summed E-state index contributed by atoms with van der Waals surface area (Å²) in [5.74, 6) is -0.532. The van der Waals surface area contributed by atoms with Gasteiger partial charge in [0.15, 0.2) is 0 Å². The van der Waals surface area contributed by atoms with E-state index in [2.05, 4.69) is 10.4 Å². The van der Waals surface area contributed by atoms with Crippen LogP contribution in [-0.2, 0) is 4.79 Å². The largest absolute Gasteiger partial charge is 0.387 e. The Labute approximate surface area is 205 Å². The maximum atomic E-state index is 13.4. The maximum Gasteiger partial charge on any atom is 0.254 e. The number of nitrogens with one attached hydrogen (secondary N) is 1. The molecule has 1 saturated heterocycles. The lowest BCUT2D eigenvalue weighted by atomic mass is 10.0. The van der Waals surface area contributed by atoms with Crippen LogP contribution in [0.3, 0.4) is 0 Å². The van der Waals surface area contributed by atoms with Gasteiger partial charge < -0.3 is 20.3 Å². The molecule has 0 bridgehead atoms. The molecule has 35 heavy (non-hydrogen) atoms. The minimum Gasteiger partial charge on any atom is -0.387 e. The molecule has 0 saturated carbocycles. The van der Waals surface area contributed by atoms with Crippen LogP contribution in [0.1, 0.15) is 28.4 Å². The first kappa shape index (κ1) is 24.2. The lowest BCUT2D eigenvalue weighted by molar-refractivity contribution is -0.125. The van der Waals surface area contributed by atoms with Crippen molar-refractivity contribution >= 4 is 17.5 Å². The molecule has 1 aliphatic rings. The van der Waals surface area contributed by atoms with Gasteiger partial charge in [-0.25, -0.2) is 0 Å². The maximum absolute atomic E-state index is 13.4. The standard InChI is InChI=1S/C28H30N4O3/c1-31(2)30-24-17-25(27(34)29-18-26(33)22-11-7-4-8-12-22)32(19-24)28(35)23-15-13-21(14-16-23)20-9-5-3-6-10-20/h3-16,25-26,33H,17-19H2,1-2H3,(H,29,34)/b30-24+/t25-,26+/m0/s1. The molecule has 4 rings (SSSR count). The Morgan fingerprint density at radius 1 is 0.971 bits per heavy atom. The van der Waals surface area contributed by atoms with E-state index in [0.717, 1.165) is 22.4 Å². The fourth-order valence-electron chi connectivity index (χ4n) is 4.22. The van der Waals surface area contributed by atoms with E-state index in [1.165, 1.54) is 0 Å². The molecule has 2 N–H and O–H groups in total. The molecule has 7 nitrogen and oxygen atoms in total. The van der Waals surface area contributed by atoms with Crippen LogP contribution in [-0.4, -0.2) is 65.8 Å². The van der Waals surface area contributed by atoms with E-state index in [9.17, 15) is 14.7 Å². The van der Waals surface area contributed by atoms with Crippen LogP contribution in [0.4, 0.5) is 0 Å². The Kier molecular flexibility index (Phi) is 7.57. The molecule has 7 heteroatoms. The monoisotopic (exact) mass is 470 g/mol. The summed E-state index contributed by atoms with van der Waals surface area (Å²) in [6, 6.07) is 25.8. The number of carbonyl (C=O) groups is 2. The molecule has 3 aromatic carbocycles. The van der Waals surface area contributed by atoms with E-state index in [4.69, 9.17) is 0 Å². The quantitative estimate of drug-likeness (QED) is 0.519. The number of rotatable bonds is 7. The van der Waals surface area contributed by atoms with Crippen LogP contribution in [0.25, 0.3) is 11.1 Å². The molecule has 0 unspecified atom stereocenters. The summed E-state index contributed by atoms with van der Waals surface area (Å²) >= 11 is 0. The second-order valence-electron chi connectivity index (χ2n) is 8.78. The van der Waals surface area contributed by atoms with Crippen LogP contribution in [0.2, 0.25) is 0 Å². The molecule has 0 spiro atoms. The molecule has 0 aromatic heterocycles. The molecule has 180 valence electrons. The van der Waals surface area contributed by atoms with Crippen molar-refractivity contribution in [1.29, 1.82) is 0 Å². The van der Waals surface area contributed by atoms with E-state index in [-0.39, 0.29) is 24.9 Å². The van der Waals surface area contributed by atoms with Gasteiger partial charge in [-0.05, 0) is 28.8 Å². The van der Waals surface area contributed by atoms with Crippen molar-refractivity contribution in [2.45, 2.75) is 18.6 Å². The molecule has 1 heterocycles. The van der Waals surface area contributed by atoms with Gasteiger partial charge in [0.05, 0.1) is 18.4 Å². The average molecular weight is 471 g/mol. The van der Waals surface area contributed by atoms with Gasteiger partial charge in [0, 0.05) is 32.6 Å². The van der Waals surface area contributed by atoms with Gasteiger partial charge in [-0.15, -0.1) is 0 Å². The van der Waals surface area contributed by atoms with E-state index in [0.29, 0.717) is 12.0 Å². The lowest BCUT2D eigenvalue weighted by Crippen LogP contribution is -2.46. The third-order valence-corrected chi connectivity index (χ3v) is 5.96. The third kappa shape index (κ3) is 5.94. The summed E-state index contributed by atoms with van der Waals surface area (Å²) in [7, 11) is 3.62. The Balaban J connectivity index is 1.49. The number of nitrogens with zero attached hydrogens (tertiary/aromatic N) is 3. The first-order valence-corrected chi connectivity index (χ1v) is 11.6. The van der Waals surface area contributed by atoms with E-state index < -0.39 is 12.1 Å². The van der Waals surface area contributed by atoms with Gasteiger partial charge >= 0.3 is 0 Å². The van der Waals surface area contributed by atoms with Crippen molar-refractivity contribution in [3.8, 4) is 11.1 Å². The Morgan fingerprint density at radius 3 is 2.20 bits per heavy atom. The van der Waals surface area contributed by atoms with Crippen molar-refractivity contribution in [3.05, 3.63) is 96.1 Å². The SMILES string of the molecule is CN(C)/N=C1\C[C@@H](C(=O)NC[C@@H](O)c2ccccc2)N(C(=O)c2ccc(-c3ccccc3)cc2)C1. The summed E-state index contributed by atoms with van der Waals surface area (Å²) in [4.78, 5) is 28.1. The van der Waals surface area contributed by atoms with Crippen LogP contribution < -0.4 is 5.32 Å². The van der Waals surface area contributed by atoms with E-state index >= 15 is 0 Å². The average Bonchev–Trinajstić information content (AvgIpc) is 3.31. The molecular weight excluding hydrogens is 440 g/mol. The Morgan fingerprint density at radius 2 is 1.57 bits per heavy atom. The number of amides is 2. The highest BCUT2D eigenvalue weighted by atomic mass is 16.3. The fraction of sp³-hybridized carbons (Fsp3) is 0.250. The van der Waals surface area contributed by atoms with Crippen LogP contribution in [0.5, 0.6) is 0 Å². The zero-order chi connectivity index (χ0) is 24.8. The molecule has 3 aromatic rings. The Bertz CT molecular complexity index is 1180. The van der Waals surface area contributed by atoms with Crippen molar-refractivity contribution in [1.82, 2.24) is 15.2 Å². The topological polar surface area (TPSA) is 85.2 Å². The predicted octanol–water partition coefficient (Wildman–Crippen LogP) is 3.34. The van der Waals surface area contributed by atoms with E-state index in [1.54, 1.807) is 22.0 Å². The first-order valence-electron chi connectivity index (χ1n) is 11.6. The molecule has 2 amide bonds. The fourth-order valence-corrected chi connectivity index (χ4v) is 4.22. The highest BCUT2D eigenvalue weighted by Gasteiger charge is 2.38. The molecular formula is C28H30N4O3. The number of hydrogen-bond acceptors (Lipinski definition) is 5. The van der Waals surface area contributed by atoms with Crippen molar-refractivity contribution in [3.63, 3.8) is 0 Å². The van der Waals surface area contributed by atoms with Gasteiger partial charge in [-0.3, -0.25) is 9.59 Å². The van der Waals surface area contributed by atoms with E-state index in [1.807, 2.05) is 86.9 Å². The molecule has 0 radical (unpaired) electrons. The van der Waals surface area contributed by atoms with Crippen LogP contribution in [0.15, 0.2) is 90.0 Å². The van der Waals surface area contributed by atoms with Gasteiger partial charge in [0.2, 0.25) is 5.91 Å². The first-order chi connectivity index (χ1) is 16.9. The number of hydrogen-bond donors (Lipinski definition) is 2. The predicted molar refractivity (Wildman–Crippen MR) is 137 cm³/mol. The zero-order valence-corrected chi connectivity index (χ0v) is 20.0. The molecule has 1 aliphatic heterocycles. The van der Waals surface area contributed by atoms with Gasteiger partial charge in [0.25, 0.3) is 5.91 Å². The summed E-state index contributed by atoms with van der Waals surface area (Å²) in [5, 5.41) is 19.4.